The minimum absolute atomic E-state index is 0.187. The van der Waals surface area contributed by atoms with Crippen molar-refractivity contribution in [1.82, 2.24) is 5.32 Å². The second kappa shape index (κ2) is 4.75. The highest BCUT2D eigenvalue weighted by Crippen LogP contribution is 2.06. The molecule has 1 aliphatic carbocycles. The summed E-state index contributed by atoms with van der Waals surface area (Å²) in [5, 5.41) is 2.49. The van der Waals surface area contributed by atoms with Crippen LogP contribution in [0.5, 0.6) is 0 Å². The van der Waals surface area contributed by atoms with Crippen LogP contribution < -0.4 is 5.32 Å². The minimum Gasteiger partial charge on any atom is -0.321 e. The van der Waals surface area contributed by atoms with Gasteiger partial charge in [0.25, 0.3) is 5.91 Å². The third-order valence-electron chi connectivity index (χ3n) is 1.84. The predicted molar refractivity (Wildman–Crippen MR) is 58.7 cm³/mol. The molecule has 1 rings (SSSR count). The SMILES string of the molecule is C=C(C)C(=O)NC1=CC=CCC1=S(=O)=O. The molecular weight excluding hydrogens is 214 g/mol. The van der Waals surface area contributed by atoms with E-state index in [-0.39, 0.29) is 10.8 Å². The summed E-state index contributed by atoms with van der Waals surface area (Å²) >= 11 is 0. The van der Waals surface area contributed by atoms with Gasteiger partial charge < -0.3 is 5.32 Å². The lowest BCUT2D eigenvalue weighted by Crippen LogP contribution is -2.28. The second-order valence-corrected chi connectivity index (χ2v) is 4.07. The van der Waals surface area contributed by atoms with Gasteiger partial charge in [-0.1, -0.05) is 18.7 Å². The van der Waals surface area contributed by atoms with Crippen molar-refractivity contribution in [1.29, 1.82) is 0 Å². The molecule has 0 atom stereocenters. The number of carbonyl (C=O) groups is 1. The molecule has 0 aliphatic heterocycles. The smallest absolute Gasteiger partial charge is 0.250 e. The molecule has 80 valence electrons. The number of allylic oxidation sites excluding steroid dienone is 4. The zero-order valence-corrected chi connectivity index (χ0v) is 9.10. The third kappa shape index (κ3) is 2.92. The monoisotopic (exact) mass is 225 g/mol. The first-order valence-electron chi connectivity index (χ1n) is 4.31. The minimum atomic E-state index is -2.31. The van der Waals surface area contributed by atoms with Crippen LogP contribution in [0, 0.1) is 0 Å². The Balaban J connectivity index is 2.98. The number of nitrogens with one attached hydrogen (secondary N) is 1. The van der Waals surface area contributed by atoms with E-state index in [4.69, 9.17) is 0 Å². The van der Waals surface area contributed by atoms with Crippen molar-refractivity contribution in [2.75, 3.05) is 0 Å². The first kappa shape index (κ1) is 11.5. The quantitative estimate of drug-likeness (QED) is 0.552. The Kier molecular flexibility index (Phi) is 3.62. The fraction of sp³-hybridized carbons (Fsp3) is 0.200. The maximum Gasteiger partial charge on any atom is 0.250 e. The highest BCUT2D eigenvalue weighted by Gasteiger charge is 2.13. The summed E-state index contributed by atoms with van der Waals surface area (Å²) in [6.45, 7) is 5.03. The fourth-order valence-electron chi connectivity index (χ4n) is 1.04. The zero-order chi connectivity index (χ0) is 11.4. The molecule has 0 bridgehead atoms. The van der Waals surface area contributed by atoms with E-state index in [1.807, 2.05) is 0 Å². The van der Waals surface area contributed by atoms with E-state index in [9.17, 15) is 13.2 Å². The molecule has 0 aromatic heterocycles. The van der Waals surface area contributed by atoms with Gasteiger partial charge in [-0.2, -0.15) is 8.42 Å². The molecule has 0 radical (unpaired) electrons. The van der Waals surface area contributed by atoms with E-state index in [1.54, 1.807) is 25.2 Å². The van der Waals surface area contributed by atoms with Crippen LogP contribution in [0.25, 0.3) is 0 Å². The normalized spacial score (nSPS) is 14.5. The number of rotatable bonds is 2. The predicted octanol–water partition coefficient (Wildman–Crippen LogP) is 0.574. The molecule has 0 aromatic rings. The molecule has 0 unspecified atom stereocenters. The first-order valence-corrected chi connectivity index (χ1v) is 5.39. The molecule has 0 aromatic carbocycles. The van der Waals surface area contributed by atoms with Gasteiger partial charge >= 0.3 is 0 Å². The van der Waals surface area contributed by atoms with Crippen molar-refractivity contribution in [3.63, 3.8) is 0 Å². The Morgan fingerprint density at radius 2 is 2.20 bits per heavy atom. The molecule has 5 heteroatoms. The Hall–Kier alpha value is -1.62. The Bertz CT molecular complexity index is 487. The van der Waals surface area contributed by atoms with E-state index < -0.39 is 10.3 Å². The highest BCUT2D eigenvalue weighted by molar-refractivity contribution is 7.73. The third-order valence-corrected chi connectivity index (χ3v) is 2.63. The maximum absolute atomic E-state index is 11.3. The van der Waals surface area contributed by atoms with Crippen LogP contribution in [0.3, 0.4) is 0 Å². The van der Waals surface area contributed by atoms with Gasteiger partial charge in [0, 0.05) is 12.0 Å². The number of hydrogen-bond acceptors (Lipinski definition) is 3. The molecule has 1 aliphatic rings. The Morgan fingerprint density at radius 3 is 2.73 bits per heavy atom. The van der Waals surface area contributed by atoms with E-state index >= 15 is 0 Å². The summed E-state index contributed by atoms with van der Waals surface area (Å²) in [6.07, 6.45) is 5.26. The van der Waals surface area contributed by atoms with Crippen LogP contribution in [-0.4, -0.2) is 19.2 Å². The summed E-state index contributed by atoms with van der Waals surface area (Å²) in [5.41, 5.74) is 0.653. The zero-order valence-electron chi connectivity index (χ0n) is 8.28. The molecule has 0 spiro atoms. The first-order chi connectivity index (χ1) is 7.02. The van der Waals surface area contributed by atoms with Crippen molar-refractivity contribution in [3.8, 4) is 0 Å². The number of amides is 1. The summed E-state index contributed by atoms with van der Waals surface area (Å²) < 4.78 is 21.7. The van der Waals surface area contributed by atoms with Crippen molar-refractivity contribution in [2.24, 2.45) is 0 Å². The van der Waals surface area contributed by atoms with Crippen molar-refractivity contribution in [3.05, 3.63) is 36.1 Å². The summed E-state index contributed by atoms with van der Waals surface area (Å²) in [4.78, 5) is 11.5. The molecule has 1 amide bonds. The van der Waals surface area contributed by atoms with Crippen molar-refractivity contribution in [2.45, 2.75) is 13.3 Å². The average molecular weight is 225 g/mol. The standard InChI is InChI=1S/C10H11NO3S/c1-7(2)10(12)11-8-5-3-4-6-9(8)15(13)14/h3-5H,1,6H2,2H3,(H,11,12). The lowest BCUT2D eigenvalue weighted by Gasteiger charge is -2.11. The Morgan fingerprint density at radius 1 is 1.53 bits per heavy atom. The van der Waals surface area contributed by atoms with E-state index in [1.165, 1.54) is 0 Å². The van der Waals surface area contributed by atoms with Gasteiger partial charge in [-0.05, 0) is 13.0 Å². The van der Waals surface area contributed by atoms with E-state index in [0.29, 0.717) is 17.7 Å². The van der Waals surface area contributed by atoms with Gasteiger partial charge in [0.05, 0.1) is 10.6 Å². The van der Waals surface area contributed by atoms with Crippen LogP contribution in [-0.2, 0) is 15.1 Å². The van der Waals surface area contributed by atoms with Crippen molar-refractivity contribution >= 4 is 21.1 Å². The van der Waals surface area contributed by atoms with Gasteiger partial charge in [0.15, 0.2) is 0 Å². The molecule has 4 nitrogen and oxygen atoms in total. The van der Waals surface area contributed by atoms with Gasteiger partial charge in [-0.3, -0.25) is 4.79 Å². The lowest BCUT2D eigenvalue weighted by molar-refractivity contribution is -0.116. The Labute approximate surface area is 89.5 Å². The molecule has 1 N–H and O–H groups in total. The summed E-state index contributed by atoms with van der Waals surface area (Å²) in [6, 6.07) is 0. The summed E-state index contributed by atoms with van der Waals surface area (Å²) in [7, 11) is -2.31. The van der Waals surface area contributed by atoms with Crippen LogP contribution in [0.1, 0.15) is 13.3 Å². The van der Waals surface area contributed by atoms with Gasteiger partial charge in [0.2, 0.25) is 10.3 Å². The second-order valence-electron chi connectivity index (χ2n) is 3.10. The van der Waals surface area contributed by atoms with Crippen LogP contribution in [0.15, 0.2) is 36.1 Å². The maximum atomic E-state index is 11.3. The lowest BCUT2D eigenvalue weighted by atomic mass is 10.1. The molecule has 0 heterocycles. The topological polar surface area (TPSA) is 63.2 Å². The van der Waals surface area contributed by atoms with Crippen LogP contribution in [0.2, 0.25) is 0 Å². The van der Waals surface area contributed by atoms with Gasteiger partial charge in [0.1, 0.15) is 0 Å². The fourth-order valence-corrected chi connectivity index (χ4v) is 1.57. The summed E-state index contributed by atoms with van der Waals surface area (Å²) in [5.74, 6) is -0.375. The van der Waals surface area contributed by atoms with Gasteiger partial charge in [-0.15, -0.1) is 0 Å². The molecule has 15 heavy (non-hydrogen) atoms. The van der Waals surface area contributed by atoms with Gasteiger partial charge in [-0.25, -0.2) is 0 Å². The largest absolute Gasteiger partial charge is 0.321 e. The number of hydrogen-bond donors (Lipinski definition) is 1. The average Bonchev–Trinajstić information content (AvgIpc) is 2.18. The highest BCUT2D eigenvalue weighted by atomic mass is 32.2. The van der Waals surface area contributed by atoms with Crippen LogP contribution in [0.4, 0.5) is 0 Å². The van der Waals surface area contributed by atoms with E-state index in [0.717, 1.165) is 0 Å². The number of carbonyl (C=O) groups excluding carboxylic acids is 1. The molecular formula is C10H11NO3S. The van der Waals surface area contributed by atoms with Crippen molar-refractivity contribution < 1.29 is 13.2 Å². The van der Waals surface area contributed by atoms with Crippen LogP contribution >= 0.6 is 0 Å². The van der Waals surface area contributed by atoms with E-state index in [2.05, 4.69) is 11.9 Å². The molecule has 0 saturated heterocycles. The molecule has 0 saturated carbocycles. The molecule has 0 fully saturated rings.